The van der Waals surface area contributed by atoms with Crippen molar-refractivity contribution in [2.24, 2.45) is 0 Å². The van der Waals surface area contributed by atoms with Gasteiger partial charge < -0.3 is 9.64 Å². The van der Waals surface area contributed by atoms with E-state index in [9.17, 15) is 14.0 Å². The van der Waals surface area contributed by atoms with E-state index in [1.54, 1.807) is 31.7 Å². The highest BCUT2D eigenvalue weighted by molar-refractivity contribution is 6.31. The van der Waals surface area contributed by atoms with Crippen LogP contribution in [0.3, 0.4) is 0 Å². The Bertz CT molecular complexity index is 603. The van der Waals surface area contributed by atoms with Crippen LogP contribution < -0.4 is 0 Å². The fourth-order valence-electron chi connectivity index (χ4n) is 2.41. The number of hydrogen-bond donors (Lipinski definition) is 0. The highest BCUT2D eigenvalue weighted by Gasteiger charge is 2.33. The first kappa shape index (κ1) is 18.7. The molecule has 6 heteroatoms. The monoisotopic (exact) mass is 355 g/mol. The minimum atomic E-state index is -0.572. The molecule has 0 N–H and O–H groups in total. The van der Waals surface area contributed by atoms with Crippen LogP contribution >= 0.6 is 11.6 Å². The van der Waals surface area contributed by atoms with E-state index in [-0.39, 0.29) is 31.3 Å². The summed E-state index contributed by atoms with van der Waals surface area (Å²) in [5.41, 5.74) is -0.256. The summed E-state index contributed by atoms with van der Waals surface area (Å²) in [7, 11) is 0. The summed E-state index contributed by atoms with van der Waals surface area (Å²) < 4.78 is 19.2. The van der Waals surface area contributed by atoms with Gasteiger partial charge in [0, 0.05) is 23.0 Å². The first-order valence-electron chi connectivity index (χ1n) is 8.11. The van der Waals surface area contributed by atoms with Gasteiger partial charge in [-0.25, -0.2) is 4.39 Å². The van der Waals surface area contributed by atoms with Gasteiger partial charge in [-0.05, 0) is 45.7 Å². The van der Waals surface area contributed by atoms with Gasteiger partial charge in [0.25, 0.3) is 0 Å². The molecule has 0 heterocycles. The molecule has 1 amide bonds. The Morgan fingerprint density at radius 1 is 1.29 bits per heavy atom. The second kappa shape index (κ2) is 7.51. The topological polar surface area (TPSA) is 46.6 Å². The Balaban J connectivity index is 1.98. The fourth-order valence-corrected chi connectivity index (χ4v) is 2.63. The van der Waals surface area contributed by atoms with Gasteiger partial charge in [0.2, 0.25) is 5.91 Å². The highest BCUT2D eigenvalue weighted by Crippen LogP contribution is 2.31. The lowest BCUT2D eigenvalue weighted by Gasteiger charge is -2.24. The molecule has 2 rings (SSSR count). The van der Waals surface area contributed by atoms with Crippen LogP contribution in [0.4, 0.5) is 4.39 Å². The summed E-state index contributed by atoms with van der Waals surface area (Å²) in [5.74, 6) is -1.01. The smallest absolute Gasteiger partial charge is 0.306 e. The first-order chi connectivity index (χ1) is 11.2. The average molecular weight is 356 g/mol. The van der Waals surface area contributed by atoms with Crippen LogP contribution in [0.1, 0.15) is 52.0 Å². The van der Waals surface area contributed by atoms with E-state index < -0.39 is 17.4 Å². The SMILES string of the molecule is CC(C)(C)OC(=O)CCC(=O)N(Cc1c(F)cccc1Cl)C1CC1. The standard InChI is InChI=1S/C18H23ClFNO3/c1-18(2,3)24-17(23)10-9-16(22)21(12-7-8-12)11-13-14(19)5-4-6-15(13)20/h4-6,12H,7-11H2,1-3H3. The number of hydrogen-bond acceptors (Lipinski definition) is 3. The molecule has 4 nitrogen and oxygen atoms in total. The van der Waals surface area contributed by atoms with Crippen molar-refractivity contribution in [1.29, 1.82) is 0 Å². The summed E-state index contributed by atoms with van der Waals surface area (Å²) in [6, 6.07) is 4.58. The van der Waals surface area contributed by atoms with E-state index in [1.165, 1.54) is 12.1 Å². The Morgan fingerprint density at radius 2 is 1.96 bits per heavy atom. The van der Waals surface area contributed by atoms with E-state index in [0.717, 1.165) is 12.8 Å². The van der Waals surface area contributed by atoms with Gasteiger partial charge in [-0.2, -0.15) is 0 Å². The van der Waals surface area contributed by atoms with Gasteiger partial charge in [0.1, 0.15) is 11.4 Å². The third-order valence-corrected chi connectivity index (χ3v) is 4.02. The zero-order valence-corrected chi connectivity index (χ0v) is 15.0. The van der Waals surface area contributed by atoms with E-state index in [1.807, 2.05) is 0 Å². The van der Waals surface area contributed by atoms with E-state index >= 15 is 0 Å². The molecular formula is C18H23ClFNO3. The van der Waals surface area contributed by atoms with Crippen molar-refractivity contribution in [2.45, 2.75) is 64.6 Å². The zero-order chi connectivity index (χ0) is 17.9. The van der Waals surface area contributed by atoms with Crippen molar-refractivity contribution >= 4 is 23.5 Å². The van der Waals surface area contributed by atoms with Crippen molar-refractivity contribution in [2.75, 3.05) is 0 Å². The first-order valence-corrected chi connectivity index (χ1v) is 8.49. The number of carbonyl (C=O) groups is 2. The third-order valence-electron chi connectivity index (χ3n) is 3.66. The van der Waals surface area contributed by atoms with Crippen LogP contribution in [0, 0.1) is 5.82 Å². The van der Waals surface area contributed by atoms with Gasteiger partial charge in [-0.1, -0.05) is 17.7 Å². The van der Waals surface area contributed by atoms with Gasteiger partial charge >= 0.3 is 5.97 Å². The van der Waals surface area contributed by atoms with Crippen molar-refractivity contribution in [3.05, 3.63) is 34.6 Å². The van der Waals surface area contributed by atoms with E-state index in [2.05, 4.69) is 0 Å². The summed E-state index contributed by atoms with van der Waals surface area (Å²) in [5, 5.41) is 0.306. The molecule has 0 aliphatic heterocycles. The van der Waals surface area contributed by atoms with Crippen LogP contribution in [0.25, 0.3) is 0 Å². The summed E-state index contributed by atoms with van der Waals surface area (Å²) in [6.07, 6.45) is 1.86. The number of rotatable bonds is 6. The predicted molar refractivity (Wildman–Crippen MR) is 90.1 cm³/mol. The molecule has 0 spiro atoms. The molecule has 0 saturated heterocycles. The van der Waals surface area contributed by atoms with Crippen molar-refractivity contribution < 1.29 is 18.7 Å². The number of carbonyl (C=O) groups excluding carboxylic acids is 2. The molecule has 1 aromatic carbocycles. The van der Waals surface area contributed by atoms with Crippen molar-refractivity contribution in [3.63, 3.8) is 0 Å². The van der Waals surface area contributed by atoms with Crippen LogP contribution in [-0.2, 0) is 20.9 Å². The van der Waals surface area contributed by atoms with Gasteiger partial charge in [-0.15, -0.1) is 0 Å². The van der Waals surface area contributed by atoms with Crippen molar-refractivity contribution in [3.8, 4) is 0 Å². The number of nitrogens with zero attached hydrogens (tertiary/aromatic N) is 1. The largest absolute Gasteiger partial charge is 0.460 e. The van der Waals surface area contributed by atoms with Crippen LogP contribution in [-0.4, -0.2) is 28.4 Å². The molecular weight excluding hydrogens is 333 g/mol. The molecule has 0 radical (unpaired) electrons. The second-order valence-electron chi connectivity index (χ2n) is 7.04. The van der Waals surface area contributed by atoms with E-state index in [4.69, 9.17) is 16.3 Å². The van der Waals surface area contributed by atoms with Crippen LogP contribution in [0.15, 0.2) is 18.2 Å². The maximum Gasteiger partial charge on any atom is 0.306 e. The summed E-state index contributed by atoms with van der Waals surface area (Å²) in [6.45, 7) is 5.47. The normalized spacial score (nSPS) is 14.4. The van der Waals surface area contributed by atoms with Gasteiger partial charge in [-0.3, -0.25) is 9.59 Å². The van der Waals surface area contributed by atoms with Gasteiger partial charge in [0.15, 0.2) is 0 Å². The number of esters is 1. The average Bonchev–Trinajstić information content (AvgIpc) is 3.27. The van der Waals surface area contributed by atoms with Crippen LogP contribution in [0.5, 0.6) is 0 Å². The van der Waals surface area contributed by atoms with Gasteiger partial charge in [0.05, 0.1) is 13.0 Å². The number of amides is 1. The number of ether oxygens (including phenoxy) is 1. The minimum absolute atomic E-state index is 0.0182. The second-order valence-corrected chi connectivity index (χ2v) is 7.45. The molecule has 0 atom stereocenters. The molecule has 132 valence electrons. The molecule has 1 aliphatic rings. The molecule has 1 saturated carbocycles. The van der Waals surface area contributed by atoms with Crippen LogP contribution in [0.2, 0.25) is 5.02 Å². The number of benzene rings is 1. The Morgan fingerprint density at radius 3 is 2.50 bits per heavy atom. The molecule has 1 fully saturated rings. The number of halogens is 2. The molecule has 0 aromatic heterocycles. The minimum Gasteiger partial charge on any atom is -0.460 e. The molecule has 1 aliphatic carbocycles. The predicted octanol–water partition coefficient (Wildman–Crippen LogP) is 4.09. The van der Waals surface area contributed by atoms with E-state index in [0.29, 0.717) is 10.6 Å². The van der Waals surface area contributed by atoms with Crippen molar-refractivity contribution in [1.82, 2.24) is 4.90 Å². The lowest BCUT2D eigenvalue weighted by molar-refractivity contribution is -0.156. The maximum atomic E-state index is 14.0. The Kier molecular flexibility index (Phi) is 5.86. The maximum absolute atomic E-state index is 14.0. The molecule has 0 bridgehead atoms. The lowest BCUT2D eigenvalue weighted by Crippen LogP contribution is -2.33. The molecule has 0 unspecified atom stereocenters. The zero-order valence-electron chi connectivity index (χ0n) is 14.3. The summed E-state index contributed by atoms with van der Waals surface area (Å²) >= 11 is 6.05. The lowest BCUT2D eigenvalue weighted by atomic mass is 10.1. The molecule has 1 aromatic rings. The Labute approximate surface area is 146 Å². The fraction of sp³-hybridized carbons (Fsp3) is 0.556. The molecule has 24 heavy (non-hydrogen) atoms. The Hall–Kier alpha value is -1.62. The third kappa shape index (κ3) is 5.48. The quantitative estimate of drug-likeness (QED) is 0.722. The summed E-state index contributed by atoms with van der Waals surface area (Å²) in [4.78, 5) is 25.9. The highest BCUT2D eigenvalue weighted by atomic mass is 35.5.